The molecule has 20 heavy (non-hydrogen) atoms. The van der Waals surface area contributed by atoms with Gasteiger partial charge >= 0.3 is 0 Å². The molecule has 2 rings (SSSR count). The summed E-state index contributed by atoms with van der Waals surface area (Å²) in [6.45, 7) is 1.09. The molecule has 1 aromatic heterocycles. The van der Waals surface area contributed by atoms with Gasteiger partial charge in [0.25, 0.3) is 0 Å². The van der Waals surface area contributed by atoms with E-state index in [0.29, 0.717) is 19.0 Å². The van der Waals surface area contributed by atoms with Gasteiger partial charge in [-0.1, -0.05) is 30.3 Å². The minimum atomic E-state index is -0.121. The Morgan fingerprint density at radius 2 is 1.80 bits per heavy atom. The van der Waals surface area contributed by atoms with Crippen molar-refractivity contribution in [3.63, 3.8) is 0 Å². The Labute approximate surface area is 117 Å². The zero-order valence-electron chi connectivity index (χ0n) is 11.0. The van der Waals surface area contributed by atoms with E-state index in [1.807, 2.05) is 30.3 Å². The summed E-state index contributed by atoms with van der Waals surface area (Å²) < 4.78 is 0. The van der Waals surface area contributed by atoms with Gasteiger partial charge in [-0.2, -0.15) is 0 Å². The van der Waals surface area contributed by atoms with Crippen molar-refractivity contribution >= 4 is 17.9 Å². The van der Waals surface area contributed by atoms with Crippen molar-refractivity contribution in [3.8, 4) is 0 Å². The van der Waals surface area contributed by atoms with Gasteiger partial charge in [-0.3, -0.25) is 4.79 Å². The van der Waals surface area contributed by atoms with E-state index in [2.05, 4.69) is 20.6 Å². The van der Waals surface area contributed by atoms with Crippen LogP contribution in [0.4, 0.5) is 5.95 Å². The molecule has 1 heterocycles. The van der Waals surface area contributed by atoms with Gasteiger partial charge in [-0.05, 0) is 17.7 Å². The first-order chi connectivity index (χ1) is 9.84. The van der Waals surface area contributed by atoms with E-state index in [1.54, 1.807) is 24.5 Å². The van der Waals surface area contributed by atoms with E-state index in [9.17, 15) is 4.79 Å². The third-order valence-electron chi connectivity index (χ3n) is 2.50. The molecule has 0 aliphatic rings. The van der Waals surface area contributed by atoms with Gasteiger partial charge in [0.2, 0.25) is 11.9 Å². The molecule has 5 nitrogen and oxygen atoms in total. The molecule has 1 aromatic carbocycles. The number of carbonyl (C=O) groups is 1. The number of hydrogen-bond donors (Lipinski definition) is 2. The molecule has 0 fully saturated rings. The standard InChI is InChI=1S/C15H16N4O/c20-14(8-7-13-5-2-1-3-6-13)16-11-12-19-15-17-9-4-10-18-15/h1-10H,11-12H2,(H,16,20)(H,17,18,19)/b8-7-. The number of nitrogens with zero attached hydrogens (tertiary/aromatic N) is 2. The van der Waals surface area contributed by atoms with E-state index in [4.69, 9.17) is 0 Å². The minimum absolute atomic E-state index is 0.121. The Morgan fingerprint density at radius 1 is 1.05 bits per heavy atom. The molecule has 102 valence electrons. The van der Waals surface area contributed by atoms with Crippen molar-refractivity contribution in [1.82, 2.24) is 15.3 Å². The van der Waals surface area contributed by atoms with Gasteiger partial charge < -0.3 is 10.6 Å². The Hall–Kier alpha value is -2.69. The van der Waals surface area contributed by atoms with Crippen LogP contribution in [0.15, 0.2) is 54.9 Å². The number of anilines is 1. The first-order valence-corrected chi connectivity index (χ1v) is 6.36. The maximum absolute atomic E-state index is 11.6. The summed E-state index contributed by atoms with van der Waals surface area (Å²) >= 11 is 0. The first-order valence-electron chi connectivity index (χ1n) is 6.36. The lowest BCUT2D eigenvalue weighted by Gasteiger charge is -2.04. The van der Waals surface area contributed by atoms with E-state index in [0.717, 1.165) is 5.56 Å². The number of rotatable bonds is 6. The number of nitrogens with one attached hydrogen (secondary N) is 2. The topological polar surface area (TPSA) is 66.9 Å². The van der Waals surface area contributed by atoms with Crippen molar-refractivity contribution in [2.45, 2.75) is 0 Å². The van der Waals surface area contributed by atoms with Crippen molar-refractivity contribution in [2.24, 2.45) is 0 Å². The number of aromatic nitrogens is 2. The van der Waals surface area contributed by atoms with Crippen LogP contribution in [0.25, 0.3) is 6.08 Å². The molecular formula is C15H16N4O. The van der Waals surface area contributed by atoms with Crippen LogP contribution in [-0.4, -0.2) is 29.0 Å². The number of benzene rings is 1. The SMILES string of the molecule is O=C(/C=C\c1ccccc1)NCCNc1ncccn1. The van der Waals surface area contributed by atoms with E-state index in [1.165, 1.54) is 6.08 Å². The first kappa shape index (κ1) is 13.7. The quantitative estimate of drug-likeness (QED) is 0.618. The van der Waals surface area contributed by atoms with E-state index in [-0.39, 0.29) is 5.91 Å². The largest absolute Gasteiger partial charge is 0.352 e. The van der Waals surface area contributed by atoms with Gasteiger partial charge in [0.1, 0.15) is 0 Å². The molecule has 0 spiro atoms. The monoisotopic (exact) mass is 268 g/mol. The molecule has 2 N–H and O–H groups in total. The molecule has 0 bridgehead atoms. The molecular weight excluding hydrogens is 252 g/mol. The zero-order chi connectivity index (χ0) is 14.0. The van der Waals surface area contributed by atoms with Gasteiger partial charge in [0, 0.05) is 31.6 Å². The average Bonchev–Trinajstić information content (AvgIpc) is 2.52. The lowest BCUT2D eigenvalue weighted by molar-refractivity contribution is -0.116. The summed E-state index contributed by atoms with van der Waals surface area (Å²) in [5.74, 6) is 0.436. The van der Waals surface area contributed by atoms with Crippen LogP contribution in [0, 0.1) is 0 Å². The highest BCUT2D eigenvalue weighted by atomic mass is 16.1. The fourth-order valence-corrected chi connectivity index (χ4v) is 1.55. The van der Waals surface area contributed by atoms with Crippen molar-refractivity contribution in [1.29, 1.82) is 0 Å². The van der Waals surface area contributed by atoms with E-state index < -0.39 is 0 Å². The summed E-state index contributed by atoms with van der Waals surface area (Å²) in [7, 11) is 0. The molecule has 5 heteroatoms. The molecule has 0 unspecified atom stereocenters. The average molecular weight is 268 g/mol. The van der Waals surface area contributed by atoms with Crippen LogP contribution >= 0.6 is 0 Å². The maximum Gasteiger partial charge on any atom is 0.244 e. The highest BCUT2D eigenvalue weighted by Gasteiger charge is 1.95. The second kappa shape index (κ2) is 7.68. The normalized spacial score (nSPS) is 10.4. The second-order valence-corrected chi connectivity index (χ2v) is 4.03. The fraction of sp³-hybridized carbons (Fsp3) is 0.133. The molecule has 2 aromatic rings. The third kappa shape index (κ3) is 4.89. The van der Waals surface area contributed by atoms with Crippen LogP contribution < -0.4 is 10.6 Å². The lowest BCUT2D eigenvalue weighted by atomic mass is 10.2. The summed E-state index contributed by atoms with van der Waals surface area (Å²) in [5.41, 5.74) is 0.999. The lowest BCUT2D eigenvalue weighted by Crippen LogP contribution is -2.27. The molecule has 0 aliphatic heterocycles. The van der Waals surface area contributed by atoms with Crippen LogP contribution in [0.3, 0.4) is 0 Å². The molecule has 0 aliphatic carbocycles. The number of hydrogen-bond acceptors (Lipinski definition) is 4. The smallest absolute Gasteiger partial charge is 0.244 e. The summed E-state index contributed by atoms with van der Waals surface area (Å²) in [4.78, 5) is 19.6. The highest BCUT2D eigenvalue weighted by Crippen LogP contribution is 2.00. The Balaban J connectivity index is 1.67. The maximum atomic E-state index is 11.6. The number of carbonyl (C=O) groups excluding carboxylic acids is 1. The van der Waals surface area contributed by atoms with Crippen molar-refractivity contribution in [2.75, 3.05) is 18.4 Å². The van der Waals surface area contributed by atoms with Gasteiger partial charge in [-0.25, -0.2) is 9.97 Å². The molecule has 0 atom stereocenters. The summed E-state index contributed by atoms with van der Waals surface area (Å²) in [6, 6.07) is 11.4. The van der Waals surface area contributed by atoms with Crippen molar-refractivity contribution < 1.29 is 4.79 Å². The molecule has 0 saturated carbocycles. The Bertz CT molecular complexity index is 555. The van der Waals surface area contributed by atoms with Gasteiger partial charge in [-0.15, -0.1) is 0 Å². The van der Waals surface area contributed by atoms with Crippen LogP contribution in [0.1, 0.15) is 5.56 Å². The Kier molecular flexibility index (Phi) is 5.27. The van der Waals surface area contributed by atoms with Gasteiger partial charge in [0.15, 0.2) is 0 Å². The third-order valence-corrected chi connectivity index (χ3v) is 2.50. The predicted molar refractivity (Wildman–Crippen MR) is 79.0 cm³/mol. The number of amides is 1. The van der Waals surface area contributed by atoms with Crippen molar-refractivity contribution in [3.05, 3.63) is 60.4 Å². The fourth-order valence-electron chi connectivity index (χ4n) is 1.55. The van der Waals surface area contributed by atoms with Crippen LogP contribution in [0.2, 0.25) is 0 Å². The molecule has 0 saturated heterocycles. The molecule has 0 radical (unpaired) electrons. The molecule has 1 amide bonds. The van der Waals surface area contributed by atoms with Gasteiger partial charge in [0.05, 0.1) is 0 Å². The van der Waals surface area contributed by atoms with Crippen LogP contribution in [-0.2, 0) is 4.79 Å². The highest BCUT2D eigenvalue weighted by molar-refractivity contribution is 5.91. The zero-order valence-corrected chi connectivity index (χ0v) is 11.0. The Morgan fingerprint density at radius 3 is 2.55 bits per heavy atom. The van der Waals surface area contributed by atoms with E-state index >= 15 is 0 Å². The predicted octanol–water partition coefficient (Wildman–Crippen LogP) is 1.72. The second-order valence-electron chi connectivity index (χ2n) is 4.03. The van der Waals surface area contributed by atoms with Crippen LogP contribution in [0.5, 0.6) is 0 Å². The summed E-state index contributed by atoms with van der Waals surface area (Å²) in [5, 5.41) is 5.79. The summed E-state index contributed by atoms with van der Waals surface area (Å²) in [6.07, 6.45) is 6.63. The minimum Gasteiger partial charge on any atom is -0.352 e.